The van der Waals surface area contributed by atoms with Gasteiger partial charge in [0.05, 0.1) is 10.7 Å². The van der Waals surface area contributed by atoms with Gasteiger partial charge in [-0.2, -0.15) is 0 Å². The second-order valence-corrected chi connectivity index (χ2v) is 6.76. The highest BCUT2D eigenvalue weighted by atomic mass is 35.5. The first-order chi connectivity index (χ1) is 11.9. The lowest BCUT2D eigenvalue weighted by molar-refractivity contribution is -0.121. The highest BCUT2D eigenvalue weighted by molar-refractivity contribution is 7.80. The molecule has 2 aromatic carbocycles. The maximum absolute atomic E-state index is 12.0. The quantitative estimate of drug-likeness (QED) is 0.745. The molecule has 4 nitrogen and oxygen atoms in total. The molecule has 2 aromatic rings. The van der Waals surface area contributed by atoms with E-state index in [1.54, 1.807) is 12.1 Å². The SMILES string of the molecule is Cc1cc(OCC(=O)NC(=S)Nc2ccccc2Cl)ccc1C(C)C. The Morgan fingerprint density at radius 2 is 1.96 bits per heavy atom. The van der Waals surface area contributed by atoms with Crippen molar-refractivity contribution in [3.63, 3.8) is 0 Å². The maximum atomic E-state index is 12.0. The van der Waals surface area contributed by atoms with E-state index in [0.717, 1.165) is 5.56 Å². The number of halogens is 1. The molecular weight excluding hydrogens is 356 g/mol. The molecule has 0 aliphatic rings. The molecule has 2 rings (SSSR count). The molecule has 0 unspecified atom stereocenters. The van der Waals surface area contributed by atoms with Gasteiger partial charge in [-0.15, -0.1) is 0 Å². The van der Waals surface area contributed by atoms with Crippen LogP contribution in [0.2, 0.25) is 5.02 Å². The highest BCUT2D eigenvalue weighted by Gasteiger charge is 2.09. The van der Waals surface area contributed by atoms with Gasteiger partial charge in [-0.25, -0.2) is 0 Å². The van der Waals surface area contributed by atoms with Crippen LogP contribution in [-0.4, -0.2) is 17.6 Å². The van der Waals surface area contributed by atoms with E-state index in [0.29, 0.717) is 22.4 Å². The van der Waals surface area contributed by atoms with Crippen molar-refractivity contribution < 1.29 is 9.53 Å². The molecule has 0 radical (unpaired) electrons. The van der Waals surface area contributed by atoms with Crippen molar-refractivity contribution in [3.8, 4) is 5.75 Å². The summed E-state index contributed by atoms with van der Waals surface area (Å²) in [5, 5.41) is 6.15. The molecule has 0 saturated carbocycles. The smallest absolute Gasteiger partial charge is 0.264 e. The monoisotopic (exact) mass is 376 g/mol. The number of ether oxygens (including phenoxy) is 1. The van der Waals surface area contributed by atoms with Crippen molar-refractivity contribution in [2.24, 2.45) is 0 Å². The summed E-state index contributed by atoms with van der Waals surface area (Å²) in [6.07, 6.45) is 0. The van der Waals surface area contributed by atoms with Gasteiger partial charge in [0, 0.05) is 0 Å². The Bertz CT molecular complexity index is 778. The Morgan fingerprint density at radius 1 is 1.24 bits per heavy atom. The molecule has 0 fully saturated rings. The minimum absolute atomic E-state index is 0.120. The van der Waals surface area contributed by atoms with Gasteiger partial charge in [0.25, 0.3) is 5.91 Å². The van der Waals surface area contributed by atoms with E-state index < -0.39 is 0 Å². The Balaban J connectivity index is 1.85. The standard InChI is InChI=1S/C19H21ClN2O2S/c1-12(2)15-9-8-14(10-13(15)3)24-11-18(23)22-19(25)21-17-7-5-4-6-16(17)20/h4-10,12H,11H2,1-3H3,(H2,21,22,23,25). The first-order valence-electron chi connectivity index (χ1n) is 7.95. The molecule has 0 atom stereocenters. The Labute approximate surface area is 158 Å². The number of amides is 1. The molecule has 0 aliphatic carbocycles. The molecule has 6 heteroatoms. The zero-order valence-corrected chi connectivity index (χ0v) is 16.0. The molecule has 0 aliphatic heterocycles. The molecule has 0 saturated heterocycles. The van der Waals surface area contributed by atoms with Gasteiger partial charge in [-0.1, -0.05) is 43.6 Å². The zero-order chi connectivity index (χ0) is 18.4. The molecular formula is C19H21ClN2O2S. The van der Waals surface area contributed by atoms with Crippen LogP contribution in [0.4, 0.5) is 5.69 Å². The summed E-state index contributed by atoms with van der Waals surface area (Å²) in [5.74, 6) is 0.766. The van der Waals surface area contributed by atoms with Gasteiger partial charge in [-0.05, 0) is 60.5 Å². The molecule has 2 N–H and O–H groups in total. The fourth-order valence-electron chi connectivity index (χ4n) is 2.41. The Hall–Kier alpha value is -2.11. The average molecular weight is 377 g/mol. The van der Waals surface area contributed by atoms with E-state index in [1.165, 1.54) is 5.56 Å². The third-order valence-corrected chi connectivity index (χ3v) is 4.14. The summed E-state index contributed by atoms with van der Waals surface area (Å²) >= 11 is 11.1. The van der Waals surface area contributed by atoms with Crippen LogP contribution in [0.5, 0.6) is 5.75 Å². The van der Waals surface area contributed by atoms with Crippen molar-refractivity contribution in [2.45, 2.75) is 26.7 Å². The van der Waals surface area contributed by atoms with Crippen molar-refractivity contribution in [1.29, 1.82) is 0 Å². The number of thiocarbonyl (C=S) groups is 1. The summed E-state index contributed by atoms with van der Waals surface area (Å²) < 4.78 is 5.53. The van der Waals surface area contributed by atoms with Gasteiger partial charge in [0.15, 0.2) is 11.7 Å². The van der Waals surface area contributed by atoms with Gasteiger partial charge in [0.2, 0.25) is 0 Å². The average Bonchev–Trinajstić information content (AvgIpc) is 2.54. The number of nitrogens with one attached hydrogen (secondary N) is 2. The van der Waals surface area contributed by atoms with Crippen LogP contribution >= 0.6 is 23.8 Å². The molecule has 0 aromatic heterocycles. The van der Waals surface area contributed by atoms with Crippen molar-refractivity contribution in [3.05, 3.63) is 58.6 Å². The van der Waals surface area contributed by atoms with E-state index >= 15 is 0 Å². The number of hydrogen-bond donors (Lipinski definition) is 2. The fraction of sp³-hybridized carbons (Fsp3) is 0.263. The highest BCUT2D eigenvalue weighted by Crippen LogP contribution is 2.23. The Morgan fingerprint density at radius 3 is 2.60 bits per heavy atom. The van der Waals surface area contributed by atoms with Crippen LogP contribution < -0.4 is 15.4 Å². The lowest BCUT2D eigenvalue weighted by atomic mass is 9.98. The predicted molar refractivity (Wildman–Crippen MR) is 107 cm³/mol. The number of carbonyl (C=O) groups is 1. The lowest BCUT2D eigenvalue weighted by Gasteiger charge is -2.13. The largest absolute Gasteiger partial charge is 0.484 e. The summed E-state index contributed by atoms with van der Waals surface area (Å²) in [5.41, 5.74) is 3.04. The maximum Gasteiger partial charge on any atom is 0.264 e. The van der Waals surface area contributed by atoms with E-state index in [-0.39, 0.29) is 17.6 Å². The predicted octanol–water partition coefficient (Wildman–Crippen LogP) is 4.66. The zero-order valence-electron chi connectivity index (χ0n) is 14.4. The molecule has 0 spiro atoms. The minimum Gasteiger partial charge on any atom is -0.484 e. The Kier molecular flexibility index (Phi) is 6.79. The molecule has 25 heavy (non-hydrogen) atoms. The second-order valence-electron chi connectivity index (χ2n) is 5.94. The summed E-state index contributed by atoms with van der Waals surface area (Å²) in [6.45, 7) is 6.20. The summed E-state index contributed by atoms with van der Waals surface area (Å²) in [4.78, 5) is 12.0. The number of rotatable bonds is 5. The van der Waals surface area contributed by atoms with Gasteiger partial charge in [-0.3, -0.25) is 10.1 Å². The van der Waals surface area contributed by atoms with Crippen LogP contribution in [-0.2, 0) is 4.79 Å². The second kappa shape index (κ2) is 8.83. The molecule has 0 bridgehead atoms. The number of carbonyl (C=O) groups excluding carboxylic acids is 1. The number of hydrogen-bond acceptors (Lipinski definition) is 3. The van der Waals surface area contributed by atoms with E-state index in [9.17, 15) is 4.79 Å². The van der Waals surface area contributed by atoms with Crippen molar-refractivity contribution in [1.82, 2.24) is 5.32 Å². The van der Waals surface area contributed by atoms with Crippen LogP contribution in [0.15, 0.2) is 42.5 Å². The summed E-state index contributed by atoms with van der Waals surface area (Å²) in [6, 6.07) is 13.0. The first kappa shape index (κ1) is 19.2. The van der Waals surface area contributed by atoms with E-state index in [4.69, 9.17) is 28.6 Å². The third kappa shape index (κ3) is 5.73. The molecule has 132 valence electrons. The first-order valence-corrected chi connectivity index (χ1v) is 8.74. The van der Waals surface area contributed by atoms with Gasteiger partial charge >= 0.3 is 0 Å². The normalized spacial score (nSPS) is 10.4. The fourth-order valence-corrected chi connectivity index (χ4v) is 2.82. The lowest BCUT2D eigenvalue weighted by Crippen LogP contribution is -2.37. The topological polar surface area (TPSA) is 50.4 Å². The summed E-state index contributed by atoms with van der Waals surface area (Å²) in [7, 11) is 0. The number of benzene rings is 2. The minimum atomic E-state index is -0.338. The third-order valence-electron chi connectivity index (χ3n) is 3.61. The number of anilines is 1. The van der Waals surface area contributed by atoms with Gasteiger partial charge < -0.3 is 10.1 Å². The van der Waals surface area contributed by atoms with E-state index in [2.05, 4.69) is 24.5 Å². The van der Waals surface area contributed by atoms with Crippen LogP contribution in [0, 0.1) is 6.92 Å². The molecule has 0 heterocycles. The van der Waals surface area contributed by atoms with Crippen molar-refractivity contribution >= 4 is 40.5 Å². The van der Waals surface area contributed by atoms with Crippen molar-refractivity contribution in [2.75, 3.05) is 11.9 Å². The van der Waals surface area contributed by atoms with Crippen LogP contribution in [0.1, 0.15) is 30.9 Å². The van der Waals surface area contributed by atoms with Crippen LogP contribution in [0.3, 0.4) is 0 Å². The number of para-hydroxylation sites is 1. The number of aryl methyl sites for hydroxylation is 1. The van der Waals surface area contributed by atoms with Gasteiger partial charge in [0.1, 0.15) is 5.75 Å². The van der Waals surface area contributed by atoms with Crippen LogP contribution in [0.25, 0.3) is 0 Å². The van der Waals surface area contributed by atoms with E-state index in [1.807, 2.05) is 37.3 Å². The molecule has 1 amide bonds.